The molecule has 0 radical (unpaired) electrons. The van der Waals surface area contributed by atoms with E-state index in [1.54, 1.807) is 17.7 Å². The van der Waals surface area contributed by atoms with E-state index in [1.165, 1.54) is 4.88 Å². The molecule has 0 aliphatic rings. The first-order chi connectivity index (χ1) is 6.81. The Morgan fingerprint density at radius 3 is 2.93 bits per heavy atom. The maximum atomic E-state index is 4.32. The summed E-state index contributed by atoms with van der Waals surface area (Å²) in [7, 11) is 3.90. The predicted molar refractivity (Wildman–Crippen MR) is 56.2 cm³/mol. The van der Waals surface area contributed by atoms with Gasteiger partial charge in [0.25, 0.3) is 0 Å². The molecule has 0 fully saturated rings. The molecule has 1 N–H and O–H groups in total. The average Bonchev–Trinajstić information content (AvgIpc) is 2.79. The summed E-state index contributed by atoms with van der Waals surface area (Å²) in [6.07, 6.45) is 5.70. The summed E-state index contributed by atoms with van der Waals surface area (Å²) < 4.78 is 1.95. The van der Waals surface area contributed by atoms with Crippen molar-refractivity contribution in [1.29, 1.82) is 0 Å². The van der Waals surface area contributed by atoms with Crippen molar-refractivity contribution in [2.24, 2.45) is 7.05 Å². The third-order valence-electron chi connectivity index (χ3n) is 2.05. The molecule has 4 nitrogen and oxygen atoms in total. The summed E-state index contributed by atoms with van der Waals surface area (Å²) in [4.78, 5) is 9.58. The van der Waals surface area contributed by atoms with Crippen molar-refractivity contribution in [3.63, 3.8) is 0 Å². The molecule has 0 saturated heterocycles. The Hall–Kier alpha value is -1.20. The fourth-order valence-corrected chi connectivity index (χ4v) is 2.13. The lowest BCUT2D eigenvalue weighted by molar-refractivity contribution is 0.684. The van der Waals surface area contributed by atoms with Crippen molar-refractivity contribution in [3.8, 4) is 0 Å². The van der Waals surface area contributed by atoms with Crippen LogP contribution < -0.4 is 5.32 Å². The van der Waals surface area contributed by atoms with Crippen LogP contribution in [0.1, 0.15) is 16.6 Å². The zero-order valence-corrected chi connectivity index (χ0v) is 8.95. The largest absolute Gasteiger partial charge is 0.340 e. The molecule has 2 aromatic rings. The van der Waals surface area contributed by atoms with Crippen LogP contribution in [-0.2, 0) is 7.05 Å². The van der Waals surface area contributed by atoms with Gasteiger partial charge in [-0.05, 0) is 7.05 Å². The van der Waals surface area contributed by atoms with Crippen molar-refractivity contribution in [2.45, 2.75) is 6.04 Å². The van der Waals surface area contributed by atoms with E-state index in [9.17, 15) is 0 Å². The van der Waals surface area contributed by atoms with Crippen LogP contribution in [0.25, 0.3) is 0 Å². The number of hydrogen-bond acceptors (Lipinski definition) is 4. The molecule has 2 rings (SSSR count). The first-order valence-electron chi connectivity index (χ1n) is 4.35. The summed E-state index contributed by atoms with van der Waals surface area (Å²) in [5.74, 6) is 0. The first kappa shape index (κ1) is 9.36. The molecule has 0 aliphatic carbocycles. The lowest BCUT2D eigenvalue weighted by Crippen LogP contribution is -2.16. The zero-order valence-electron chi connectivity index (χ0n) is 8.14. The van der Waals surface area contributed by atoms with Gasteiger partial charge in [-0.15, -0.1) is 11.3 Å². The minimum absolute atomic E-state index is 0.156. The van der Waals surface area contributed by atoms with E-state index in [0.29, 0.717) is 0 Å². The fourth-order valence-electron chi connectivity index (χ4n) is 1.39. The highest BCUT2D eigenvalue weighted by Crippen LogP contribution is 2.22. The number of hydrogen-bond donors (Lipinski definition) is 1. The minimum atomic E-state index is 0.156. The van der Waals surface area contributed by atoms with Gasteiger partial charge in [-0.3, -0.25) is 4.98 Å². The second-order valence-electron chi connectivity index (χ2n) is 3.09. The number of rotatable bonds is 3. The summed E-state index contributed by atoms with van der Waals surface area (Å²) in [6, 6.07) is 0.156. The predicted octanol–water partition coefficient (Wildman–Crippen LogP) is 1.19. The van der Waals surface area contributed by atoms with E-state index >= 15 is 0 Å². The second kappa shape index (κ2) is 3.89. The summed E-state index contributed by atoms with van der Waals surface area (Å²) in [6.45, 7) is 0. The van der Waals surface area contributed by atoms with Crippen LogP contribution in [0.2, 0.25) is 0 Å². The molecule has 0 spiro atoms. The molecule has 0 saturated carbocycles. The van der Waals surface area contributed by atoms with Crippen LogP contribution in [0, 0.1) is 0 Å². The highest BCUT2D eigenvalue weighted by Gasteiger charge is 2.15. The molecule has 0 amide bonds. The molecule has 74 valence electrons. The number of nitrogens with one attached hydrogen (secondary N) is 1. The van der Waals surface area contributed by atoms with Gasteiger partial charge in [-0.2, -0.15) is 0 Å². The first-order valence-corrected chi connectivity index (χ1v) is 5.22. The maximum Gasteiger partial charge on any atom is 0.0947 e. The molecule has 0 aliphatic heterocycles. The fraction of sp³-hybridized carbons (Fsp3) is 0.333. The third-order valence-corrected chi connectivity index (χ3v) is 2.89. The lowest BCUT2D eigenvalue weighted by atomic mass is 10.2. The Labute approximate surface area is 86.6 Å². The third kappa shape index (κ3) is 1.69. The van der Waals surface area contributed by atoms with Crippen LogP contribution >= 0.6 is 11.3 Å². The van der Waals surface area contributed by atoms with Gasteiger partial charge in [0.1, 0.15) is 0 Å². The van der Waals surface area contributed by atoms with Crippen molar-refractivity contribution in [2.75, 3.05) is 7.05 Å². The molecule has 14 heavy (non-hydrogen) atoms. The van der Waals surface area contributed by atoms with Crippen molar-refractivity contribution in [1.82, 2.24) is 19.9 Å². The van der Waals surface area contributed by atoms with Gasteiger partial charge in [0, 0.05) is 24.3 Å². The summed E-state index contributed by atoms with van der Waals surface area (Å²) >= 11 is 1.64. The van der Waals surface area contributed by atoms with Gasteiger partial charge in [-0.1, -0.05) is 0 Å². The number of aryl methyl sites for hydroxylation is 1. The number of aromatic nitrogens is 3. The summed E-state index contributed by atoms with van der Waals surface area (Å²) in [5, 5.41) is 3.23. The topological polar surface area (TPSA) is 42.7 Å². The Balaban J connectivity index is 2.31. The lowest BCUT2D eigenvalue weighted by Gasteiger charge is -2.10. The molecule has 0 bridgehead atoms. The van der Waals surface area contributed by atoms with Gasteiger partial charge < -0.3 is 9.88 Å². The normalized spacial score (nSPS) is 13.0. The standard InChI is InChI=1S/C9H12N4S/c1-10-9(8-3-11-6-14-8)7-4-13(2)5-12-7/h3-6,9-10H,1-2H3. The van der Waals surface area contributed by atoms with Crippen molar-refractivity contribution in [3.05, 3.63) is 34.8 Å². The van der Waals surface area contributed by atoms with Crippen molar-refractivity contribution < 1.29 is 0 Å². The van der Waals surface area contributed by atoms with Gasteiger partial charge in [0.05, 0.1) is 23.6 Å². The molecule has 1 atom stereocenters. The monoisotopic (exact) mass is 208 g/mol. The number of imidazole rings is 1. The van der Waals surface area contributed by atoms with E-state index in [1.807, 2.05) is 36.6 Å². The van der Waals surface area contributed by atoms with E-state index in [4.69, 9.17) is 0 Å². The molecule has 2 heterocycles. The Kier molecular flexibility index (Phi) is 2.60. The van der Waals surface area contributed by atoms with Crippen LogP contribution in [0.4, 0.5) is 0 Å². The average molecular weight is 208 g/mol. The summed E-state index contributed by atoms with van der Waals surface area (Å²) in [5.41, 5.74) is 2.86. The maximum absolute atomic E-state index is 4.32. The molecule has 1 unspecified atom stereocenters. The van der Waals surface area contributed by atoms with E-state index in [0.717, 1.165) is 5.69 Å². The number of thiazole rings is 1. The highest BCUT2D eigenvalue weighted by atomic mass is 32.1. The van der Waals surface area contributed by atoms with Gasteiger partial charge >= 0.3 is 0 Å². The smallest absolute Gasteiger partial charge is 0.0947 e. The van der Waals surface area contributed by atoms with Crippen LogP contribution in [-0.4, -0.2) is 21.6 Å². The quantitative estimate of drug-likeness (QED) is 0.823. The molecular formula is C9H12N4S. The molecule has 0 aromatic carbocycles. The minimum Gasteiger partial charge on any atom is -0.340 e. The molecule has 2 aromatic heterocycles. The van der Waals surface area contributed by atoms with E-state index in [2.05, 4.69) is 15.3 Å². The van der Waals surface area contributed by atoms with Gasteiger partial charge in [-0.25, -0.2) is 4.98 Å². The number of nitrogens with zero attached hydrogens (tertiary/aromatic N) is 3. The Bertz CT molecular complexity index is 393. The van der Waals surface area contributed by atoms with Gasteiger partial charge in [0.15, 0.2) is 0 Å². The zero-order chi connectivity index (χ0) is 9.97. The van der Waals surface area contributed by atoms with Crippen LogP contribution in [0.5, 0.6) is 0 Å². The van der Waals surface area contributed by atoms with Gasteiger partial charge in [0.2, 0.25) is 0 Å². The molecule has 5 heteroatoms. The Morgan fingerprint density at radius 1 is 1.57 bits per heavy atom. The molecular weight excluding hydrogens is 196 g/mol. The Morgan fingerprint density at radius 2 is 2.43 bits per heavy atom. The highest BCUT2D eigenvalue weighted by molar-refractivity contribution is 7.09. The van der Waals surface area contributed by atoms with Crippen molar-refractivity contribution >= 4 is 11.3 Å². The van der Waals surface area contributed by atoms with Crippen LogP contribution in [0.3, 0.4) is 0 Å². The SMILES string of the molecule is CNC(c1cn(C)cn1)c1cncs1. The van der Waals surface area contributed by atoms with E-state index < -0.39 is 0 Å². The van der Waals surface area contributed by atoms with E-state index in [-0.39, 0.29) is 6.04 Å². The van der Waals surface area contributed by atoms with Crippen LogP contribution in [0.15, 0.2) is 24.2 Å². The second-order valence-corrected chi connectivity index (χ2v) is 4.01.